The van der Waals surface area contributed by atoms with Gasteiger partial charge in [-0.1, -0.05) is 11.6 Å². The van der Waals surface area contributed by atoms with Crippen molar-refractivity contribution in [2.45, 2.75) is 12.7 Å². The lowest BCUT2D eigenvalue weighted by Crippen LogP contribution is -2.32. The van der Waals surface area contributed by atoms with Crippen LogP contribution in [0.3, 0.4) is 0 Å². The summed E-state index contributed by atoms with van der Waals surface area (Å²) < 4.78 is 51.1. The van der Waals surface area contributed by atoms with Gasteiger partial charge < -0.3 is 24.7 Å². The first-order valence-corrected chi connectivity index (χ1v) is 8.97. The summed E-state index contributed by atoms with van der Waals surface area (Å²) in [4.78, 5) is 19.8. The molecule has 0 radical (unpaired) electrons. The number of nitrogens with zero attached hydrogens (tertiary/aromatic N) is 3. The SMILES string of the molecule is COc1cc(OC)c(NC(=O)NCCn2c(C(F)(F)F)nc3cccnc32)cc1Cl. The second-order valence-corrected chi connectivity index (χ2v) is 6.41. The summed E-state index contributed by atoms with van der Waals surface area (Å²) in [6, 6.07) is 5.22. The van der Waals surface area contributed by atoms with E-state index in [1.165, 1.54) is 44.7 Å². The van der Waals surface area contributed by atoms with Gasteiger partial charge in [0.15, 0.2) is 5.65 Å². The molecule has 3 aromatic rings. The quantitative estimate of drug-likeness (QED) is 0.602. The fraction of sp³-hybridized carbons (Fsp3) is 0.278. The maximum atomic E-state index is 13.3. The number of amides is 2. The van der Waals surface area contributed by atoms with Crippen molar-refractivity contribution in [3.05, 3.63) is 41.3 Å². The van der Waals surface area contributed by atoms with Crippen molar-refractivity contribution in [3.8, 4) is 11.5 Å². The van der Waals surface area contributed by atoms with E-state index in [4.69, 9.17) is 21.1 Å². The first-order chi connectivity index (χ1) is 14.2. The zero-order chi connectivity index (χ0) is 21.9. The van der Waals surface area contributed by atoms with Crippen LogP contribution in [0.15, 0.2) is 30.5 Å². The summed E-state index contributed by atoms with van der Waals surface area (Å²) in [5.74, 6) is -0.420. The second-order valence-electron chi connectivity index (χ2n) is 6.00. The zero-order valence-corrected chi connectivity index (χ0v) is 16.6. The molecule has 160 valence electrons. The molecular weight excluding hydrogens is 427 g/mol. The number of imidazole rings is 1. The van der Waals surface area contributed by atoms with Crippen molar-refractivity contribution >= 4 is 34.5 Å². The standard InChI is InChI=1S/C18H17ClF3N5O3/c1-29-13-9-14(30-2)12(8-10(13)19)26-17(28)24-6-7-27-15-11(4-3-5-23-15)25-16(27)18(20,21)22/h3-5,8-9H,6-7H2,1-2H3,(H2,24,26,28). The minimum absolute atomic E-state index is 0.0793. The van der Waals surface area contributed by atoms with Gasteiger partial charge in [0, 0.05) is 25.4 Å². The zero-order valence-electron chi connectivity index (χ0n) is 15.9. The van der Waals surface area contributed by atoms with E-state index in [-0.39, 0.29) is 35.0 Å². The molecule has 0 unspecified atom stereocenters. The molecule has 30 heavy (non-hydrogen) atoms. The van der Waals surface area contributed by atoms with Gasteiger partial charge >= 0.3 is 12.2 Å². The van der Waals surface area contributed by atoms with Gasteiger partial charge in [-0.25, -0.2) is 14.8 Å². The second kappa shape index (κ2) is 8.66. The summed E-state index contributed by atoms with van der Waals surface area (Å²) in [5.41, 5.74) is 0.467. The molecule has 0 spiro atoms. The maximum absolute atomic E-state index is 13.3. The number of carbonyl (C=O) groups excluding carboxylic acids is 1. The normalized spacial score (nSPS) is 11.4. The molecule has 2 amide bonds. The Labute approximate surface area is 174 Å². The van der Waals surface area contributed by atoms with Crippen molar-refractivity contribution in [2.75, 3.05) is 26.1 Å². The highest BCUT2D eigenvalue weighted by Gasteiger charge is 2.37. The molecule has 8 nitrogen and oxygen atoms in total. The minimum Gasteiger partial charge on any atom is -0.495 e. The number of ether oxygens (including phenoxy) is 2. The first-order valence-electron chi connectivity index (χ1n) is 8.59. The average Bonchev–Trinajstić information content (AvgIpc) is 3.07. The van der Waals surface area contributed by atoms with Crippen LogP contribution in [0.25, 0.3) is 11.2 Å². The smallest absolute Gasteiger partial charge is 0.449 e. The molecule has 0 fully saturated rings. The van der Waals surface area contributed by atoms with Crippen molar-refractivity contribution in [1.29, 1.82) is 0 Å². The van der Waals surface area contributed by atoms with Gasteiger partial charge in [0.25, 0.3) is 0 Å². The number of rotatable bonds is 6. The van der Waals surface area contributed by atoms with E-state index in [2.05, 4.69) is 20.6 Å². The number of fused-ring (bicyclic) bond motifs is 1. The highest BCUT2D eigenvalue weighted by Crippen LogP contribution is 2.36. The monoisotopic (exact) mass is 443 g/mol. The minimum atomic E-state index is -4.66. The third kappa shape index (κ3) is 4.51. The van der Waals surface area contributed by atoms with Crippen molar-refractivity contribution in [3.63, 3.8) is 0 Å². The Morgan fingerprint density at radius 2 is 1.97 bits per heavy atom. The molecule has 2 N–H and O–H groups in total. The van der Waals surface area contributed by atoms with Crippen LogP contribution in [0, 0.1) is 0 Å². The van der Waals surface area contributed by atoms with Gasteiger partial charge in [0.1, 0.15) is 17.0 Å². The molecule has 0 saturated carbocycles. The van der Waals surface area contributed by atoms with Gasteiger partial charge in [-0.05, 0) is 18.2 Å². The van der Waals surface area contributed by atoms with Crippen molar-refractivity contribution < 1.29 is 27.4 Å². The molecule has 0 aliphatic carbocycles. The number of methoxy groups -OCH3 is 2. The Hall–Kier alpha value is -3.21. The van der Waals surface area contributed by atoms with Crippen LogP contribution in [-0.2, 0) is 12.7 Å². The Morgan fingerprint density at radius 3 is 2.63 bits per heavy atom. The number of pyridine rings is 1. The largest absolute Gasteiger partial charge is 0.495 e. The van der Waals surface area contributed by atoms with Crippen LogP contribution in [0.1, 0.15) is 5.82 Å². The average molecular weight is 444 g/mol. The molecule has 2 heterocycles. The first kappa shape index (κ1) is 21.5. The predicted molar refractivity (Wildman–Crippen MR) is 104 cm³/mol. The molecule has 3 rings (SSSR count). The number of hydrogen-bond acceptors (Lipinski definition) is 5. The Balaban J connectivity index is 1.71. The van der Waals surface area contributed by atoms with Gasteiger partial charge in [-0.3, -0.25) is 0 Å². The summed E-state index contributed by atoms with van der Waals surface area (Å²) >= 11 is 6.05. The Kier molecular flexibility index (Phi) is 6.20. The Morgan fingerprint density at radius 1 is 1.23 bits per heavy atom. The number of benzene rings is 1. The topological polar surface area (TPSA) is 90.3 Å². The van der Waals surface area contributed by atoms with Gasteiger partial charge in [0.05, 0.1) is 24.9 Å². The number of halogens is 4. The number of anilines is 1. The molecular formula is C18H17ClF3N5O3. The number of nitrogens with one attached hydrogen (secondary N) is 2. The summed E-state index contributed by atoms with van der Waals surface area (Å²) in [6.45, 7) is -0.292. The lowest BCUT2D eigenvalue weighted by molar-refractivity contribution is -0.146. The van der Waals surface area contributed by atoms with E-state index in [1.807, 2.05) is 0 Å². The lowest BCUT2D eigenvalue weighted by atomic mass is 10.2. The van der Waals surface area contributed by atoms with E-state index in [0.29, 0.717) is 11.5 Å². The molecule has 0 saturated heterocycles. The van der Waals surface area contributed by atoms with Crippen molar-refractivity contribution in [2.24, 2.45) is 0 Å². The van der Waals surface area contributed by atoms with Crippen molar-refractivity contribution in [1.82, 2.24) is 19.9 Å². The van der Waals surface area contributed by atoms with E-state index < -0.39 is 18.0 Å². The van der Waals surface area contributed by atoms with Crippen LogP contribution in [0.5, 0.6) is 11.5 Å². The van der Waals surface area contributed by atoms with Crippen LogP contribution in [0.2, 0.25) is 5.02 Å². The summed E-state index contributed by atoms with van der Waals surface area (Å²) in [6.07, 6.45) is -3.28. The third-order valence-corrected chi connectivity index (χ3v) is 4.40. The van der Waals surface area contributed by atoms with Gasteiger partial charge in [-0.2, -0.15) is 13.2 Å². The highest BCUT2D eigenvalue weighted by atomic mass is 35.5. The molecule has 0 bridgehead atoms. The number of aromatic nitrogens is 3. The number of urea groups is 1. The summed E-state index contributed by atoms with van der Waals surface area (Å²) in [5, 5.41) is 5.28. The van der Waals surface area contributed by atoms with Crippen LogP contribution in [0.4, 0.5) is 23.7 Å². The van der Waals surface area contributed by atoms with E-state index in [1.54, 1.807) is 0 Å². The van der Waals surface area contributed by atoms with E-state index in [0.717, 1.165) is 4.57 Å². The molecule has 2 aromatic heterocycles. The lowest BCUT2D eigenvalue weighted by Gasteiger charge is -2.14. The molecule has 0 aliphatic heterocycles. The number of carbonyl (C=O) groups is 1. The molecule has 1 aromatic carbocycles. The van der Waals surface area contributed by atoms with Gasteiger partial charge in [-0.15, -0.1) is 0 Å². The van der Waals surface area contributed by atoms with Crippen LogP contribution in [-0.4, -0.2) is 41.3 Å². The predicted octanol–water partition coefficient (Wildman–Crippen LogP) is 3.94. The highest BCUT2D eigenvalue weighted by molar-refractivity contribution is 6.32. The Bertz CT molecular complexity index is 1070. The van der Waals surface area contributed by atoms with Crippen LogP contribution < -0.4 is 20.1 Å². The van der Waals surface area contributed by atoms with E-state index in [9.17, 15) is 18.0 Å². The molecule has 12 heteroatoms. The molecule has 0 atom stereocenters. The maximum Gasteiger partial charge on any atom is 0.449 e. The van der Waals surface area contributed by atoms with E-state index >= 15 is 0 Å². The van der Waals surface area contributed by atoms with Crippen LogP contribution >= 0.6 is 11.6 Å². The number of alkyl halides is 3. The van der Waals surface area contributed by atoms with Gasteiger partial charge in [0.2, 0.25) is 5.82 Å². The molecule has 0 aliphatic rings. The fourth-order valence-corrected chi connectivity index (χ4v) is 3.03. The number of hydrogen-bond donors (Lipinski definition) is 2. The fourth-order valence-electron chi connectivity index (χ4n) is 2.79. The summed E-state index contributed by atoms with van der Waals surface area (Å²) in [7, 11) is 2.84. The third-order valence-electron chi connectivity index (χ3n) is 4.10.